The van der Waals surface area contributed by atoms with Crippen molar-refractivity contribution in [1.82, 2.24) is 10.2 Å². The van der Waals surface area contributed by atoms with Gasteiger partial charge in [0.15, 0.2) is 0 Å². The average Bonchev–Trinajstić information content (AvgIpc) is 3.33. The van der Waals surface area contributed by atoms with Gasteiger partial charge in [0.1, 0.15) is 5.54 Å². The number of benzene rings is 2. The third kappa shape index (κ3) is 3.16. The first-order chi connectivity index (χ1) is 15.7. The fraction of sp³-hybridized carbons (Fsp3) is 0.333. The van der Waals surface area contributed by atoms with Crippen LogP contribution in [0, 0.1) is 18.8 Å². The van der Waals surface area contributed by atoms with Gasteiger partial charge in [0.2, 0.25) is 23.6 Å². The van der Waals surface area contributed by atoms with Gasteiger partial charge in [-0.25, -0.2) is 0 Å². The first kappa shape index (κ1) is 21.6. The first-order valence-corrected chi connectivity index (χ1v) is 11.2. The highest BCUT2D eigenvalue weighted by Crippen LogP contribution is 2.54. The van der Waals surface area contributed by atoms with Gasteiger partial charge in [-0.1, -0.05) is 41.9 Å². The number of carbonyl (C=O) groups is 4. The smallest absolute Gasteiger partial charge is 0.250 e. The molecule has 0 radical (unpaired) electrons. The van der Waals surface area contributed by atoms with Crippen LogP contribution in [0.15, 0.2) is 42.5 Å². The Kier molecular flexibility index (Phi) is 5.02. The summed E-state index contributed by atoms with van der Waals surface area (Å²) < 4.78 is 0. The van der Waals surface area contributed by atoms with Crippen molar-refractivity contribution in [3.8, 4) is 0 Å². The Balaban J connectivity index is 1.57. The molecule has 4 atom stereocenters. The van der Waals surface area contributed by atoms with Gasteiger partial charge in [-0.15, -0.1) is 0 Å². The van der Waals surface area contributed by atoms with Gasteiger partial charge < -0.3 is 11.1 Å². The Morgan fingerprint density at radius 3 is 2.58 bits per heavy atom. The lowest BCUT2D eigenvalue weighted by Gasteiger charge is -2.29. The molecule has 8 nitrogen and oxygen atoms in total. The molecule has 9 heteroatoms. The standard InChI is InChI=1S/C24H23ClN4O4/c1-12-9-14(25)10-15-20(12)27-23(33)24(15)19-18(16(28-24)11-17(26)30)21(31)29(22(19)32)8-7-13-5-3-2-4-6-13/h2-6,9-10,16,18-19,28H,7-8,11H2,1H3,(H2,26,30)(H,27,33)/t16-,18+,19-,24-/m0/s1. The number of carbonyl (C=O) groups excluding carboxylic acids is 4. The number of primary amides is 1. The summed E-state index contributed by atoms with van der Waals surface area (Å²) in [6, 6.07) is 12.2. The van der Waals surface area contributed by atoms with Crippen molar-refractivity contribution in [1.29, 1.82) is 0 Å². The zero-order chi connectivity index (χ0) is 23.5. The van der Waals surface area contributed by atoms with Crippen molar-refractivity contribution in [2.45, 2.75) is 31.3 Å². The SMILES string of the molecule is Cc1cc(Cl)cc2c1NC(=O)[C@]21N[C@@H](CC(N)=O)[C@H]2C(=O)N(CCc3ccccc3)C(=O)[C@H]21. The van der Waals surface area contributed by atoms with Crippen LogP contribution in [0.3, 0.4) is 0 Å². The maximum atomic E-state index is 13.7. The molecular weight excluding hydrogens is 444 g/mol. The molecule has 33 heavy (non-hydrogen) atoms. The summed E-state index contributed by atoms with van der Waals surface area (Å²) >= 11 is 6.31. The number of nitrogens with two attached hydrogens (primary N) is 1. The van der Waals surface area contributed by atoms with Crippen LogP contribution in [0.1, 0.15) is 23.1 Å². The summed E-state index contributed by atoms with van der Waals surface area (Å²) in [6.07, 6.45) is 0.322. The number of anilines is 1. The first-order valence-electron chi connectivity index (χ1n) is 10.8. The fourth-order valence-electron chi connectivity index (χ4n) is 5.59. The predicted octanol–water partition coefficient (Wildman–Crippen LogP) is 1.49. The summed E-state index contributed by atoms with van der Waals surface area (Å²) in [4.78, 5) is 53.6. The molecule has 2 fully saturated rings. The Bertz CT molecular complexity index is 1200. The summed E-state index contributed by atoms with van der Waals surface area (Å²) in [6.45, 7) is 2.00. The van der Waals surface area contributed by atoms with Crippen molar-refractivity contribution in [3.63, 3.8) is 0 Å². The van der Waals surface area contributed by atoms with Gasteiger partial charge >= 0.3 is 0 Å². The molecule has 3 heterocycles. The molecule has 2 aromatic rings. The number of fused-ring (bicyclic) bond motifs is 4. The van der Waals surface area contributed by atoms with Crippen LogP contribution in [0.4, 0.5) is 5.69 Å². The van der Waals surface area contributed by atoms with Crippen LogP contribution in [0.25, 0.3) is 0 Å². The molecule has 4 N–H and O–H groups in total. The van der Waals surface area contributed by atoms with Crippen LogP contribution in [-0.4, -0.2) is 41.1 Å². The minimum absolute atomic E-state index is 0.170. The maximum absolute atomic E-state index is 13.7. The molecule has 2 aromatic carbocycles. The number of nitrogens with zero attached hydrogens (tertiary/aromatic N) is 1. The number of amides is 4. The molecule has 0 saturated carbocycles. The topological polar surface area (TPSA) is 122 Å². The molecule has 0 unspecified atom stereocenters. The molecule has 1 spiro atoms. The number of aryl methyl sites for hydroxylation is 1. The second-order valence-corrected chi connectivity index (χ2v) is 9.33. The van der Waals surface area contributed by atoms with Crippen LogP contribution < -0.4 is 16.4 Å². The van der Waals surface area contributed by atoms with Crippen molar-refractivity contribution < 1.29 is 19.2 Å². The molecule has 3 aliphatic heterocycles. The zero-order valence-corrected chi connectivity index (χ0v) is 18.7. The number of imide groups is 1. The monoisotopic (exact) mass is 466 g/mol. The molecular formula is C24H23ClN4O4. The number of rotatable bonds is 5. The van der Waals surface area contributed by atoms with E-state index in [2.05, 4.69) is 10.6 Å². The van der Waals surface area contributed by atoms with E-state index in [4.69, 9.17) is 17.3 Å². The van der Waals surface area contributed by atoms with Gasteiger partial charge in [0.25, 0.3) is 0 Å². The van der Waals surface area contributed by atoms with Crippen molar-refractivity contribution in [2.24, 2.45) is 17.6 Å². The normalized spacial score (nSPS) is 27.8. The van der Waals surface area contributed by atoms with Crippen molar-refractivity contribution in [2.75, 3.05) is 11.9 Å². The van der Waals surface area contributed by atoms with E-state index in [0.29, 0.717) is 22.7 Å². The molecule has 3 aliphatic rings. The van der Waals surface area contributed by atoms with E-state index in [9.17, 15) is 19.2 Å². The van der Waals surface area contributed by atoms with E-state index in [-0.39, 0.29) is 13.0 Å². The van der Waals surface area contributed by atoms with Crippen LogP contribution >= 0.6 is 11.6 Å². The summed E-state index contributed by atoms with van der Waals surface area (Å²) in [5.41, 5.74) is 6.79. The quantitative estimate of drug-likeness (QED) is 0.576. The van der Waals surface area contributed by atoms with Crippen LogP contribution in [0.5, 0.6) is 0 Å². The maximum Gasteiger partial charge on any atom is 0.250 e. The van der Waals surface area contributed by atoms with E-state index in [1.165, 1.54) is 4.90 Å². The van der Waals surface area contributed by atoms with E-state index >= 15 is 0 Å². The molecule has 0 bridgehead atoms. The summed E-state index contributed by atoms with van der Waals surface area (Å²) in [5.74, 6) is -3.75. The minimum atomic E-state index is -1.50. The third-order valence-corrected chi connectivity index (χ3v) is 7.18. The Hall–Kier alpha value is -3.23. The Labute approximate surface area is 195 Å². The van der Waals surface area contributed by atoms with Crippen LogP contribution in [-0.2, 0) is 31.1 Å². The Morgan fingerprint density at radius 2 is 1.88 bits per heavy atom. The minimum Gasteiger partial charge on any atom is -0.370 e. The Morgan fingerprint density at radius 1 is 1.15 bits per heavy atom. The van der Waals surface area contributed by atoms with Crippen LogP contribution in [0.2, 0.25) is 5.02 Å². The average molecular weight is 467 g/mol. The highest BCUT2D eigenvalue weighted by atomic mass is 35.5. The number of hydrogen-bond acceptors (Lipinski definition) is 5. The van der Waals surface area contributed by atoms with E-state index < -0.39 is 47.0 Å². The largest absolute Gasteiger partial charge is 0.370 e. The fourth-order valence-corrected chi connectivity index (χ4v) is 5.86. The number of hydrogen-bond donors (Lipinski definition) is 3. The summed E-state index contributed by atoms with van der Waals surface area (Å²) in [5, 5.41) is 6.45. The lowest BCUT2D eigenvalue weighted by molar-refractivity contribution is -0.142. The van der Waals surface area contributed by atoms with Gasteiger partial charge in [0.05, 0.1) is 11.8 Å². The third-order valence-electron chi connectivity index (χ3n) is 6.97. The highest BCUT2D eigenvalue weighted by molar-refractivity contribution is 6.31. The van der Waals surface area contributed by atoms with E-state index in [0.717, 1.165) is 11.1 Å². The molecule has 0 aliphatic carbocycles. The number of nitrogens with one attached hydrogen (secondary N) is 2. The number of halogens is 1. The highest BCUT2D eigenvalue weighted by Gasteiger charge is 2.70. The van der Waals surface area contributed by atoms with Gasteiger partial charge in [0, 0.05) is 35.3 Å². The van der Waals surface area contributed by atoms with Gasteiger partial charge in [-0.2, -0.15) is 0 Å². The second kappa shape index (κ2) is 7.67. The molecule has 2 saturated heterocycles. The van der Waals surface area contributed by atoms with E-state index in [1.54, 1.807) is 12.1 Å². The summed E-state index contributed by atoms with van der Waals surface area (Å²) in [7, 11) is 0. The van der Waals surface area contributed by atoms with E-state index in [1.807, 2.05) is 37.3 Å². The lowest BCUT2D eigenvalue weighted by atomic mass is 9.76. The second-order valence-electron chi connectivity index (χ2n) is 8.90. The molecule has 170 valence electrons. The molecule has 0 aromatic heterocycles. The number of likely N-dealkylation sites (tertiary alicyclic amines) is 1. The lowest BCUT2D eigenvalue weighted by Crippen LogP contribution is -2.53. The van der Waals surface area contributed by atoms with Crippen molar-refractivity contribution >= 4 is 40.9 Å². The van der Waals surface area contributed by atoms with Gasteiger partial charge in [-0.3, -0.25) is 29.4 Å². The predicted molar refractivity (Wildman–Crippen MR) is 121 cm³/mol. The molecule has 5 rings (SSSR count). The van der Waals surface area contributed by atoms with Crippen molar-refractivity contribution in [3.05, 3.63) is 64.2 Å². The van der Waals surface area contributed by atoms with Gasteiger partial charge in [-0.05, 0) is 36.6 Å². The zero-order valence-electron chi connectivity index (χ0n) is 17.9. The molecule has 4 amide bonds.